The standard InChI is InChI=1S/C10H11F3O4S2/c11-10(12,13)19(16,17)9-4-2-1-3-8(9)18-6-7(15)5-14/h1-4,7,14-15H,5-6H2. The average molecular weight is 316 g/mol. The predicted molar refractivity (Wildman–Crippen MR) is 63.5 cm³/mol. The molecule has 0 aliphatic carbocycles. The van der Waals surface area contributed by atoms with E-state index in [0.717, 1.165) is 17.8 Å². The third-order valence-corrected chi connectivity index (χ3v) is 4.98. The second-order valence-electron chi connectivity index (χ2n) is 3.54. The van der Waals surface area contributed by atoms with Gasteiger partial charge in [-0.3, -0.25) is 0 Å². The van der Waals surface area contributed by atoms with Crippen LogP contribution in [-0.2, 0) is 9.84 Å². The van der Waals surface area contributed by atoms with Gasteiger partial charge in [0.25, 0.3) is 9.84 Å². The highest BCUT2D eigenvalue weighted by Crippen LogP contribution is 2.35. The van der Waals surface area contributed by atoms with E-state index in [4.69, 9.17) is 10.2 Å². The second-order valence-corrected chi connectivity index (χ2v) is 6.51. The van der Waals surface area contributed by atoms with Crippen LogP contribution < -0.4 is 0 Å². The molecule has 19 heavy (non-hydrogen) atoms. The largest absolute Gasteiger partial charge is 0.501 e. The number of hydrogen-bond acceptors (Lipinski definition) is 5. The summed E-state index contributed by atoms with van der Waals surface area (Å²) in [6.07, 6.45) is -1.13. The molecule has 1 atom stereocenters. The molecule has 2 N–H and O–H groups in total. The molecular formula is C10H11F3O4S2. The van der Waals surface area contributed by atoms with Gasteiger partial charge in [-0.15, -0.1) is 11.8 Å². The molecule has 0 bridgehead atoms. The maximum atomic E-state index is 12.5. The van der Waals surface area contributed by atoms with E-state index < -0.39 is 33.0 Å². The number of thioether (sulfide) groups is 1. The first-order valence-corrected chi connectivity index (χ1v) is 7.49. The van der Waals surface area contributed by atoms with Crippen molar-refractivity contribution in [2.24, 2.45) is 0 Å². The monoisotopic (exact) mass is 316 g/mol. The third-order valence-electron chi connectivity index (χ3n) is 2.09. The molecule has 0 saturated heterocycles. The van der Waals surface area contributed by atoms with E-state index >= 15 is 0 Å². The van der Waals surface area contributed by atoms with Gasteiger partial charge in [0.1, 0.15) is 0 Å². The zero-order chi connectivity index (χ0) is 14.7. The van der Waals surface area contributed by atoms with Crippen molar-refractivity contribution in [3.63, 3.8) is 0 Å². The Balaban J connectivity index is 3.10. The molecule has 1 aromatic carbocycles. The zero-order valence-corrected chi connectivity index (χ0v) is 11.1. The Kier molecular flexibility index (Phi) is 5.25. The van der Waals surface area contributed by atoms with Gasteiger partial charge in [0.15, 0.2) is 0 Å². The molecule has 0 fully saturated rings. The Hall–Kier alpha value is -0.770. The van der Waals surface area contributed by atoms with Crippen LogP contribution in [0, 0.1) is 0 Å². The van der Waals surface area contributed by atoms with Crippen molar-refractivity contribution in [3.8, 4) is 0 Å². The van der Waals surface area contributed by atoms with E-state index in [1.54, 1.807) is 0 Å². The van der Waals surface area contributed by atoms with Gasteiger partial charge in [0, 0.05) is 10.6 Å². The van der Waals surface area contributed by atoms with Crippen molar-refractivity contribution < 1.29 is 31.8 Å². The molecule has 1 unspecified atom stereocenters. The summed E-state index contributed by atoms with van der Waals surface area (Å²) in [5, 5.41) is 17.7. The molecule has 0 saturated carbocycles. The lowest BCUT2D eigenvalue weighted by Gasteiger charge is -2.13. The topological polar surface area (TPSA) is 74.6 Å². The lowest BCUT2D eigenvalue weighted by atomic mass is 10.4. The van der Waals surface area contributed by atoms with Crippen molar-refractivity contribution in [1.29, 1.82) is 0 Å². The van der Waals surface area contributed by atoms with E-state index in [-0.39, 0.29) is 10.6 Å². The minimum atomic E-state index is -5.43. The summed E-state index contributed by atoms with van der Waals surface area (Å²) in [6.45, 7) is -0.554. The smallest absolute Gasteiger partial charge is 0.394 e. The average Bonchev–Trinajstić information content (AvgIpc) is 2.34. The highest BCUT2D eigenvalue weighted by atomic mass is 32.2. The first-order chi connectivity index (χ1) is 8.70. The van der Waals surface area contributed by atoms with Crippen LogP contribution in [0.1, 0.15) is 0 Å². The summed E-state index contributed by atoms with van der Waals surface area (Å²) < 4.78 is 60.1. The molecule has 1 rings (SSSR count). The number of benzene rings is 1. The number of rotatable bonds is 5. The van der Waals surface area contributed by atoms with Crippen molar-refractivity contribution in [2.45, 2.75) is 21.4 Å². The Morgan fingerprint density at radius 2 is 1.84 bits per heavy atom. The number of aliphatic hydroxyl groups is 2. The summed E-state index contributed by atoms with van der Waals surface area (Å²) in [6, 6.07) is 4.65. The molecule has 1 aromatic rings. The van der Waals surface area contributed by atoms with E-state index in [1.807, 2.05) is 0 Å². The van der Waals surface area contributed by atoms with E-state index in [0.29, 0.717) is 0 Å². The van der Waals surface area contributed by atoms with Crippen LogP contribution in [0.5, 0.6) is 0 Å². The molecular weight excluding hydrogens is 305 g/mol. The van der Waals surface area contributed by atoms with Gasteiger partial charge in [-0.2, -0.15) is 13.2 Å². The first-order valence-electron chi connectivity index (χ1n) is 5.02. The van der Waals surface area contributed by atoms with Gasteiger partial charge in [0.05, 0.1) is 17.6 Å². The number of alkyl halides is 3. The lowest BCUT2D eigenvalue weighted by molar-refractivity contribution is -0.0437. The Morgan fingerprint density at radius 1 is 1.26 bits per heavy atom. The first kappa shape index (κ1) is 16.3. The summed E-state index contributed by atoms with van der Waals surface area (Å²) >= 11 is 0.734. The molecule has 0 aliphatic heterocycles. The molecule has 0 heterocycles. The van der Waals surface area contributed by atoms with Crippen molar-refractivity contribution in [1.82, 2.24) is 0 Å². The summed E-state index contributed by atoms with van der Waals surface area (Å²) in [4.78, 5) is -0.968. The summed E-state index contributed by atoms with van der Waals surface area (Å²) in [7, 11) is -5.43. The normalized spacial score (nSPS) is 14.4. The fourth-order valence-electron chi connectivity index (χ4n) is 1.15. The van der Waals surface area contributed by atoms with Crippen molar-refractivity contribution >= 4 is 21.6 Å². The highest BCUT2D eigenvalue weighted by Gasteiger charge is 2.47. The highest BCUT2D eigenvalue weighted by molar-refractivity contribution is 8.00. The number of aliphatic hydroxyl groups excluding tert-OH is 2. The van der Waals surface area contributed by atoms with Gasteiger partial charge >= 0.3 is 5.51 Å². The van der Waals surface area contributed by atoms with Gasteiger partial charge in [-0.25, -0.2) is 8.42 Å². The minimum Gasteiger partial charge on any atom is -0.394 e. The number of hydrogen-bond donors (Lipinski definition) is 2. The predicted octanol–water partition coefficient (Wildman–Crippen LogP) is 1.43. The fourth-order valence-corrected chi connectivity index (χ4v) is 3.36. The molecule has 4 nitrogen and oxygen atoms in total. The van der Waals surface area contributed by atoms with Crippen LogP contribution >= 0.6 is 11.8 Å². The van der Waals surface area contributed by atoms with Crippen LogP contribution in [0.25, 0.3) is 0 Å². The van der Waals surface area contributed by atoms with Gasteiger partial charge in [-0.1, -0.05) is 12.1 Å². The fraction of sp³-hybridized carbons (Fsp3) is 0.400. The van der Waals surface area contributed by atoms with Crippen LogP contribution in [0.4, 0.5) is 13.2 Å². The summed E-state index contributed by atoms with van der Waals surface area (Å²) in [5.74, 6) is -0.110. The van der Waals surface area contributed by atoms with Crippen molar-refractivity contribution in [2.75, 3.05) is 12.4 Å². The van der Waals surface area contributed by atoms with Gasteiger partial charge < -0.3 is 10.2 Å². The lowest BCUT2D eigenvalue weighted by Crippen LogP contribution is -2.24. The van der Waals surface area contributed by atoms with Crippen LogP contribution in [0.3, 0.4) is 0 Å². The Morgan fingerprint density at radius 3 is 2.37 bits per heavy atom. The van der Waals surface area contributed by atoms with E-state index in [9.17, 15) is 21.6 Å². The van der Waals surface area contributed by atoms with Crippen LogP contribution in [0.15, 0.2) is 34.1 Å². The van der Waals surface area contributed by atoms with Crippen LogP contribution in [-0.4, -0.2) is 42.6 Å². The molecule has 108 valence electrons. The SMILES string of the molecule is O=S(=O)(c1ccccc1SCC(O)CO)C(F)(F)F. The Bertz CT molecular complexity index is 528. The quantitative estimate of drug-likeness (QED) is 0.804. The number of halogens is 3. The third kappa shape index (κ3) is 3.85. The van der Waals surface area contributed by atoms with E-state index in [1.165, 1.54) is 18.2 Å². The second kappa shape index (κ2) is 6.12. The molecule has 9 heteroatoms. The molecule has 0 aromatic heterocycles. The zero-order valence-electron chi connectivity index (χ0n) is 9.46. The van der Waals surface area contributed by atoms with E-state index in [2.05, 4.69) is 0 Å². The maximum Gasteiger partial charge on any atom is 0.501 e. The Labute approximate surface area is 112 Å². The minimum absolute atomic E-state index is 0.110. The molecule has 0 amide bonds. The van der Waals surface area contributed by atoms with Crippen molar-refractivity contribution in [3.05, 3.63) is 24.3 Å². The number of sulfone groups is 1. The molecule has 0 aliphatic rings. The summed E-state index contributed by atoms with van der Waals surface area (Å²) in [5.41, 5.74) is -5.38. The van der Waals surface area contributed by atoms with Gasteiger partial charge in [0.2, 0.25) is 0 Å². The molecule has 0 radical (unpaired) electrons. The maximum absolute atomic E-state index is 12.5. The van der Waals surface area contributed by atoms with Gasteiger partial charge in [-0.05, 0) is 12.1 Å². The molecule has 0 spiro atoms. The van der Waals surface area contributed by atoms with Crippen LogP contribution in [0.2, 0.25) is 0 Å².